The van der Waals surface area contributed by atoms with Crippen LogP contribution in [0.25, 0.3) is 0 Å². The molecular weight excluding hydrogens is 1080 g/mol. The van der Waals surface area contributed by atoms with E-state index in [0.29, 0.717) is 69.7 Å². The summed E-state index contributed by atoms with van der Waals surface area (Å²) in [6, 6.07) is -8.60. The normalized spacial score (nSPS) is 12.8. The Morgan fingerprint density at radius 3 is 1.19 bits per heavy atom. The van der Waals surface area contributed by atoms with Crippen LogP contribution in [0.3, 0.4) is 0 Å². The summed E-state index contributed by atoms with van der Waals surface area (Å²) in [6.07, 6.45) is 0.0863. The minimum atomic E-state index is -1.61. The fourth-order valence-electron chi connectivity index (χ4n) is 7.37. The van der Waals surface area contributed by atoms with E-state index in [1.165, 1.54) is 0 Å². The lowest BCUT2D eigenvalue weighted by Crippen LogP contribution is -2.56. The van der Waals surface area contributed by atoms with E-state index in [9.17, 15) is 87.9 Å². The SMILES string of the molecule is O=C(O)CC[C@H](NC(=O)N[C@@H](CCCCNC(=O)CCCCCCC(=O)NCCCC[C@@H](NC(=O)[C@H](CCC(=O)O)NC(=O)[C@H](CCC(=O)O)NC(=O)CCC(=O)NCCN(CCS)CCNCCS)C(=O)O)C(=O)O)C(=O)O. The molecule has 0 aromatic carbocycles. The maximum atomic E-state index is 13.4. The highest BCUT2D eigenvalue weighted by Crippen LogP contribution is 2.10. The summed E-state index contributed by atoms with van der Waals surface area (Å²) >= 11 is 8.43. The van der Waals surface area contributed by atoms with Gasteiger partial charge in [0.1, 0.15) is 30.2 Å². The fraction of sp³-hybridized carbons (Fsp3) is 0.729. The third kappa shape index (κ3) is 39.5. The molecule has 450 valence electrons. The van der Waals surface area contributed by atoms with Crippen molar-refractivity contribution in [2.75, 3.05) is 63.9 Å². The third-order valence-corrected chi connectivity index (χ3v) is 12.2. The summed E-state index contributed by atoms with van der Waals surface area (Å²) in [4.78, 5) is 160. The minimum Gasteiger partial charge on any atom is -0.481 e. The molecule has 0 aliphatic heterocycles. The van der Waals surface area contributed by atoms with E-state index in [4.69, 9.17) is 5.11 Å². The topological polar surface area (TPSA) is 455 Å². The first-order chi connectivity index (χ1) is 37.5. The predicted octanol–water partition coefficient (Wildman–Crippen LogP) is -1.11. The number of aliphatic carboxylic acids is 6. The van der Waals surface area contributed by atoms with Crippen LogP contribution < -0.4 is 47.9 Å². The standard InChI is InChI=1S/C48H82N10O19S2/c59-36(11-3-1-2-4-12-37(60)51-22-8-6-10-34(46(73)74)56-48(77)57-35(47(75)76)15-20-42(67)68)50-21-7-5-9-33(45(71)72)55-44(70)32(14-19-41(65)66)54-43(69)31(13-18-40(63)64)53-39(62)17-16-38(61)52-24-27-58(28-30-79)26-23-49-25-29-78/h31-35,49,78-79H,1-30H2,(H,50,59)(H,51,60)(H,52,61)(H,53,62)(H,54,69)(H,55,70)(H,63,64)(H,65,66)(H,67,68)(H,71,72)(H,73,74)(H,75,76)(H2,56,57,77)/t31-,32-,33+,34-,35-/m0/s1. The zero-order valence-corrected chi connectivity index (χ0v) is 46.2. The van der Waals surface area contributed by atoms with Gasteiger partial charge in [0.25, 0.3) is 0 Å². The number of carboxylic acid groups (broad SMARTS) is 6. The second-order valence-corrected chi connectivity index (χ2v) is 19.2. The second-order valence-electron chi connectivity index (χ2n) is 18.3. The summed E-state index contributed by atoms with van der Waals surface area (Å²) in [7, 11) is 0. The molecular formula is C48H82N10O19S2. The molecule has 29 nitrogen and oxygen atoms in total. The van der Waals surface area contributed by atoms with Crippen LogP contribution in [0.1, 0.15) is 128 Å². The quantitative estimate of drug-likeness (QED) is 0.0254. The number of carbonyl (C=O) groups is 13. The summed E-state index contributed by atoms with van der Waals surface area (Å²) in [6.45, 7) is 4.09. The van der Waals surface area contributed by atoms with E-state index in [1.54, 1.807) is 0 Å². The molecule has 79 heavy (non-hydrogen) atoms. The molecule has 0 aromatic heterocycles. The Hall–Kier alpha value is -6.47. The molecule has 0 aliphatic carbocycles. The van der Waals surface area contributed by atoms with E-state index in [0.717, 1.165) is 13.1 Å². The van der Waals surface area contributed by atoms with E-state index in [1.807, 2.05) is 5.32 Å². The fourth-order valence-corrected chi connectivity index (χ4v) is 7.81. The molecule has 15 N–H and O–H groups in total. The van der Waals surface area contributed by atoms with Crippen LogP contribution in [0.4, 0.5) is 4.79 Å². The lowest BCUT2D eigenvalue weighted by molar-refractivity contribution is -0.143. The molecule has 5 atom stereocenters. The van der Waals surface area contributed by atoms with Gasteiger partial charge in [0.2, 0.25) is 35.4 Å². The van der Waals surface area contributed by atoms with E-state index in [-0.39, 0.29) is 82.8 Å². The van der Waals surface area contributed by atoms with Crippen molar-refractivity contribution in [2.45, 2.75) is 159 Å². The van der Waals surface area contributed by atoms with Gasteiger partial charge in [-0.05, 0) is 70.6 Å². The van der Waals surface area contributed by atoms with Gasteiger partial charge in [-0.1, -0.05) is 12.8 Å². The highest BCUT2D eigenvalue weighted by atomic mass is 32.1. The number of hydrogen-bond donors (Lipinski definition) is 17. The Labute approximate surface area is 469 Å². The highest BCUT2D eigenvalue weighted by molar-refractivity contribution is 7.80. The zero-order valence-electron chi connectivity index (χ0n) is 44.4. The number of nitrogens with zero attached hydrogens (tertiary/aromatic N) is 1. The van der Waals surface area contributed by atoms with Crippen molar-refractivity contribution in [1.82, 2.24) is 52.8 Å². The molecule has 0 fully saturated rings. The number of hydrogen-bond acceptors (Lipinski definition) is 17. The summed E-state index contributed by atoms with van der Waals surface area (Å²) < 4.78 is 0. The Kier molecular flexibility index (Phi) is 40.8. The van der Waals surface area contributed by atoms with E-state index >= 15 is 0 Å². The lowest BCUT2D eigenvalue weighted by Gasteiger charge is -2.24. The Bertz CT molecular complexity index is 1970. The van der Waals surface area contributed by atoms with Crippen LogP contribution in [0, 0.1) is 0 Å². The number of carbonyl (C=O) groups excluding carboxylic acids is 7. The molecule has 0 aliphatic rings. The molecule has 8 amide bonds. The van der Waals surface area contributed by atoms with Crippen molar-refractivity contribution in [3.05, 3.63) is 0 Å². The summed E-state index contributed by atoms with van der Waals surface area (Å²) in [5.74, 6) is -10.7. The van der Waals surface area contributed by atoms with Crippen molar-refractivity contribution in [3.8, 4) is 0 Å². The van der Waals surface area contributed by atoms with Crippen LogP contribution in [0.2, 0.25) is 0 Å². The van der Waals surface area contributed by atoms with Crippen LogP contribution in [-0.2, 0) is 57.5 Å². The minimum absolute atomic E-state index is 0.0251. The van der Waals surface area contributed by atoms with Crippen molar-refractivity contribution >= 4 is 103 Å². The van der Waals surface area contributed by atoms with Gasteiger partial charge in [0, 0.05) is 109 Å². The average molecular weight is 1170 g/mol. The first-order valence-electron chi connectivity index (χ1n) is 26.2. The lowest BCUT2D eigenvalue weighted by atomic mass is 10.1. The Morgan fingerprint density at radius 2 is 0.734 bits per heavy atom. The number of rotatable bonds is 49. The largest absolute Gasteiger partial charge is 0.481 e. The summed E-state index contributed by atoms with van der Waals surface area (Å²) in [5, 5.41) is 78.4. The van der Waals surface area contributed by atoms with Gasteiger partial charge in [0.05, 0.1) is 0 Å². The Balaban J connectivity index is 4.84. The van der Waals surface area contributed by atoms with Gasteiger partial charge in [-0.15, -0.1) is 0 Å². The van der Waals surface area contributed by atoms with Crippen molar-refractivity contribution < 1.29 is 93.0 Å². The maximum absolute atomic E-state index is 13.4. The van der Waals surface area contributed by atoms with Gasteiger partial charge in [-0.2, -0.15) is 25.3 Å². The van der Waals surface area contributed by atoms with Crippen molar-refractivity contribution in [2.24, 2.45) is 0 Å². The number of thiol groups is 2. The molecule has 0 heterocycles. The summed E-state index contributed by atoms with van der Waals surface area (Å²) in [5.41, 5.74) is 0. The van der Waals surface area contributed by atoms with Crippen molar-refractivity contribution in [1.29, 1.82) is 0 Å². The zero-order chi connectivity index (χ0) is 59.5. The number of nitrogens with one attached hydrogen (secondary N) is 9. The first kappa shape index (κ1) is 72.5. The first-order valence-corrected chi connectivity index (χ1v) is 27.5. The van der Waals surface area contributed by atoms with Crippen LogP contribution in [0.15, 0.2) is 0 Å². The van der Waals surface area contributed by atoms with Crippen molar-refractivity contribution in [3.63, 3.8) is 0 Å². The monoisotopic (exact) mass is 1170 g/mol. The number of carboxylic acids is 6. The third-order valence-electron chi connectivity index (χ3n) is 11.7. The highest BCUT2D eigenvalue weighted by Gasteiger charge is 2.31. The average Bonchev–Trinajstić information content (AvgIpc) is 3.37. The molecule has 0 bridgehead atoms. The van der Waals surface area contributed by atoms with Gasteiger partial charge in [-0.3, -0.25) is 48.1 Å². The molecule has 31 heteroatoms. The smallest absolute Gasteiger partial charge is 0.326 e. The van der Waals surface area contributed by atoms with Crippen LogP contribution in [-0.4, -0.2) is 207 Å². The molecule has 0 unspecified atom stereocenters. The molecule has 0 saturated carbocycles. The molecule has 0 rings (SSSR count). The predicted molar refractivity (Wildman–Crippen MR) is 289 cm³/mol. The number of amides is 8. The Morgan fingerprint density at radius 1 is 0.342 bits per heavy atom. The molecule has 0 saturated heterocycles. The molecule has 0 radical (unpaired) electrons. The molecule has 0 aromatic rings. The van der Waals surface area contributed by atoms with Crippen LogP contribution in [0.5, 0.6) is 0 Å². The number of urea groups is 1. The maximum Gasteiger partial charge on any atom is 0.326 e. The van der Waals surface area contributed by atoms with Gasteiger partial charge >= 0.3 is 41.8 Å². The second kappa shape index (κ2) is 44.4. The van der Waals surface area contributed by atoms with E-state index < -0.39 is 134 Å². The molecule has 0 spiro atoms. The van der Waals surface area contributed by atoms with Gasteiger partial charge in [0.15, 0.2) is 0 Å². The number of unbranched alkanes of at least 4 members (excludes halogenated alkanes) is 5. The van der Waals surface area contributed by atoms with Crippen LogP contribution >= 0.6 is 25.3 Å². The van der Waals surface area contributed by atoms with Gasteiger partial charge in [-0.25, -0.2) is 19.2 Å². The van der Waals surface area contributed by atoms with E-state index in [2.05, 4.69) is 72.7 Å². The van der Waals surface area contributed by atoms with Gasteiger partial charge < -0.3 is 78.5 Å².